The second kappa shape index (κ2) is 3.09. The van der Waals surface area contributed by atoms with Crippen molar-refractivity contribution in [2.24, 2.45) is 0 Å². The first-order chi connectivity index (χ1) is 5.58. The maximum atomic E-state index is 5.71. The maximum Gasteiger partial charge on any atom is 0.145 e. The normalized spacial score (nSPS) is 11.6. The summed E-state index contributed by atoms with van der Waals surface area (Å²) in [6.45, 7) is 6.36. The van der Waals surface area contributed by atoms with E-state index in [0.29, 0.717) is 5.82 Å². The lowest BCUT2D eigenvalue weighted by Crippen LogP contribution is -2.20. The third kappa shape index (κ3) is 1.55. The summed E-state index contributed by atoms with van der Waals surface area (Å²) in [6, 6.07) is 0. The Bertz CT molecular complexity index is 268. The van der Waals surface area contributed by atoms with Gasteiger partial charge in [0.05, 0.1) is 5.69 Å². The number of nitrogens with zero attached hydrogens (tertiary/aromatic N) is 2. The Balaban J connectivity index is 3.10. The molecular formula is C9H15N3. The van der Waals surface area contributed by atoms with Crippen LogP contribution in [0.2, 0.25) is 0 Å². The quantitative estimate of drug-likeness (QED) is 0.726. The van der Waals surface area contributed by atoms with Gasteiger partial charge in [-0.3, -0.25) is 4.98 Å². The smallest absolute Gasteiger partial charge is 0.145 e. The van der Waals surface area contributed by atoms with Crippen molar-refractivity contribution in [3.8, 4) is 0 Å². The summed E-state index contributed by atoms with van der Waals surface area (Å²) in [7, 11) is 0. The van der Waals surface area contributed by atoms with Gasteiger partial charge in [0.2, 0.25) is 0 Å². The van der Waals surface area contributed by atoms with Crippen LogP contribution in [0.3, 0.4) is 0 Å². The second-order valence-corrected chi connectivity index (χ2v) is 3.53. The van der Waals surface area contributed by atoms with Crippen LogP contribution >= 0.6 is 0 Å². The Morgan fingerprint density at radius 1 is 1.33 bits per heavy atom. The van der Waals surface area contributed by atoms with Crippen molar-refractivity contribution in [2.75, 3.05) is 5.73 Å². The molecule has 0 aromatic carbocycles. The van der Waals surface area contributed by atoms with Gasteiger partial charge >= 0.3 is 0 Å². The summed E-state index contributed by atoms with van der Waals surface area (Å²) < 4.78 is 0. The van der Waals surface area contributed by atoms with Crippen LogP contribution in [0, 0.1) is 0 Å². The average Bonchev–Trinajstić information content (AvgIpc) is 2.05. The molecule has 0 unspecified atom stereocenters. The van der Waals surface area contributed by atoms with Crippen LogP contribution < -0.4 is 5.73 Å². The molecule has 0 aliphatic heterocycles. The predicted octanol–water partition coefficient (Wildman–Crippen LogP) is 1.75. The van der Waals surface area contributed by atoms with Gasteiger partial charge in [-0.15, -0.1) is 0 Å². The van der Waals surface area contributed by atoms with Crippen LogP contribution in [0.5, 0.6) is 0 Å². The van der Waals surface area contributed by atoms with Crippen molar-refractivity contribution in [2.45, 2.75) is 32.6 Å². The molecule has 0 bridgehead atoms. The Kier molecular flexibility index (Phi) is 2.31. The number of nitrogens with two attached hydrogens (primary N) is 1. The molecule has 0 aliphatic carbocycles. The minimum atomic E-state index is 0.0261. The zero-order valence-electron chi connectivity index (χ0n) is 7.83. The highest BCUT2D eigenvalue weighted by Crippen LogP contribution is 2.27. The number of hydrogen-bond acceptors (Lipinski definition) is 3. The zero-order chi connectivity index (χ0) is 9.19. The molecule has 0 fully saturated rings. The van der Waals surface area contributed by atoms with E-state index >= 15 is 0 Å². The molecule has 12 heavy (non-hydrogen) atoms. The van der Waals surface area contributed by atoms with Gasteiger partial charge in [-0.05, 0) is 6.42 Å². The van der Waals surface area contributed by atoms with Crippen LogP contribution in [-0.2, 0) is 5.41 Å². The molecule has 1 aromatic heterocycles. The molecule has 0 spiro atoms. The Morgan fingerprint density at radius 3 is 2.42 bits per heavy atom. The molecule has 0 radical (unpaired) electrons. The van der Waals surface area contributed by atoms with Gasteiger partial charge < -0.3 is 5.73 Å². The first kappa shape index (κ1) is 8.97. The molecule has 3 heteroatoms. The lowest BCUT2D eigenvalue weighted by molar-refractivity contribution is 0.490. The van der Waals surface area contributed by atoms with Crippen molar-refractivity contribution in [1.29, 1.82) is 0 Å². The molecule has 1 heterocycles. The van der Waals surface area contributed by atoms with Crippen LogP contribution in [0.4, 0.5) is 5.82 Å². The molecule has 66 valence electrons. The summed E-state index contributed by atoms with van der Waals surface area (Å²) in [5.41, 5.74) is 6.63. The molecule has 3 nitrogen and oxygen atoms in total. The predicted molar refractivity (Wildman–Crippen MR) is 49.8 cm³/mol. The Morgan fingerprint density at radius 2 is 1.92 bits per heavy atom. The Labute approximate surface area is 73.0 Å². The van der Waals surface area contributed by atoms with Gasteiger partial charge in [0, 0.05) is 17.8 Å². The molecule has 1 rings (SSSR count). The number of rotatable bonds is 2. The van der Waals surface area contributed by atoms with E-state index in [9.17, 15) is 0 Å². The van der Waals surface area contributed by atoms with Crippen LogP contribution in [-0.4, -0.2) is 9.97 Å². The molecule has 0 amide bonds. The fourth-order valence-electron chi connectivity index (χ4n) is 1.04. The lowest BCUT2D eigenvalue weighted by Gasteiger charge is -2.22. The highest BCUT2D eigenvalue weighted by Gasteiger charge is 2.22. The van der Waals surface area contributed by atoms with Gasteiger partial charge in [-0.2, -0.15) is 0 Å². The average molecular weight is 165 g/mol. The number of anilines is 1. The van der Waals surface area contributed by atoms with Crippen molar-refractivity contribution in [3.05, 3.63) is 18.1 Å². The Hall–Kier alpha value is -1.12. The SMILES string of the molecule is CCC(C)(C)c1nccnc1N. The standard InChI is InChI=1S/C9H15N3/c1-4-9(2,3)7-8(10)12-6-5-11-7/h5-6H,4H2,1-3H3,(H2,10,12). The van der Waals surface area contributed by atoms with E-state index in [1.165, 1.54) is 0 Å². The van der Waals surface area contributed by atoms with E-state index in [0.717, 1.165) is 12.1 Å². The van der Waals surface area contributed by atoms with Crippen molar-refractivity contribution >= 4 is 5.82 Å². The number of nitrogen functional groups attached to an aromatic ring is 1. The fourth-order valence-corrected chi connectivity index (χ4v) is 1.04. The molecular weight excluding hydrogens is 150 g/mol. The lowest BCUT2D eigenvalue weighted by atomic mass is 9.86. The summed E-state index contributed by atoms with van der Waals surface area (Å²) >= 11 is 0. The fraction of sp³-hybridized carbons (Fsp3) is 0.556. The third-order valence-corrected chi connectivity index (χ3v) is 2.25. The molecule has 1 aromatic rings. The molecule has 0 saturated carbocycles. The van der Waals surface area contributed by atoms with E-state index in [-0.39, 0.29) is 5.41 Å². The van der Waals surface area contributed by atoms with Gasteiger partial charge in [0.25, 0.3) is 0 Å². The van der Waals surface area contributed by atoms with E-state index in [4.69, 9.17) is 5.73 Å². The number of aromatic nitrogens is 2. The van der Waals surface area contributed by atoms with Crippen LogP contribution in [0.1, 0.15) is 32.9 Å². The minimum Gasteiger partial charge on any atom is -0.382 e. The summed E-state index contributed by atoms with van der Waals surface area (Å²) in [6.07, 6.45) is 4.31. The van der Waals surface area contributed by atoms with Gasteiger partial charge in [0.15, 0.2) is 0 Å². The summed E-state index contributed by atoms with van der Waals surface area (Å²) in [5, 5.41) is 0. The van der Waals surface area contributed by atoms with Gasteiger partial charge in [0.1, 0.15) is 5.82 Å². The molecule has 0 saturated heterocycles. The maximum absolute atomic E-state index is 5.71. The summed E-state index contributed by atoms with van der Waals surface area (Å²) in [4.78, 5) is 8.24. The molecule has 0 aliphatic rings. The highest BCUT2D eigenvalue weighted by molar-refractivity contribution is 5.37. The molecule has 2 N–H and O–H groups in total. The number of hydrogen-bond donors (Lipinski definition) is 1. The third-order valence-electron chi connectivity index (χ3n) is 2.25. The second-order valence-electron chi connectivity index (χ2n) is 3.53. The minimum absolute atomic E-state index is 0.0261. The van der Waals surface area contributed by atoms with Crippen molar-refractivity contribution < 1.29 is 0 Å². The summed E-state index contributed by atoms with van der Waals surface area (Å²) in [5.74, 6) is 0.546. The topological polar surface area (TPSA) is 51.8 Å². The van der Waals surface area contributed by atoms with Gasteiger partial charge in [-0.1, -0.05) is 20.8 Å². The monoisotopic (exact) mass is 165 g/mol. The largest absolute Gasteiger partial charge is 0.382 e. The molecule has 0 atom stereocenters. The van der Waals surface area contributed by atoms with Crippen molar-refractivity contribution in [3.63, 3.8) is 0 Å². The zero-order valence-corrected chi connectivity index (χ0v) is 7.83. The highest BCUT2D eigenvalue weighted by atomic mass is 14.9. The van der Waals surface area contributed by atoms with E-state index in [2.05, 4.69) is 30.7 Å². The van der Waals surface area contributed by atoms with Crippen LogP contribution in [0.15, 0.2) is 12.4 Å². The van der Waals surface area contributed by atoms with Crippen LogP contribution in [0.25, 0.3) is 0 Å². The van der Waals surface area contributed by atoms with E-state index < -0.39 is 0 Å². The van der Waals surface area contributed by atoms with Crippen molar-refractivity contribution in [1.82, 2.24) is 9.97 Å². The van der Waals surface area contributed by atoms with E-state index in [1.807, 2.05) is 0 Å². The van der Waals surface area contributed by atoms with E-state index in [1.54, 1.807) is 12.4 Å². The first-order valence-electron chi connectivity index (χ1n) is 4.15. The van der Waals surface area contributed by atoms with Gasteiger partial charge in [-0.25, -0.2) is 4.98 Å². The first-order valence-corrected chi connectivity index (χ1v) is 4.15.